The van der Waals surface area contributed by atoms with Crippen LogP contribution in [0, 0.1) is 13.8 Å². The predicted molar refractivity (Wildman–Crippen MR) is 112 cm³/mol. The third-order valence-corrected chi connectivity index (χ3v) is 4.81. The molecular formula is C23H20N4O. The van der Waals surface area contributed by atoms with Crippen LogP contribution in [-0.2, 0) is 0 Å². The van der Waals surface area contributed by atoms with Gasteiger partial charge < -0.3 is 0 Å². The van der Waals surface area contributed by atoms with Crippen LogP contribution in [0.25, 0.3) is 21.9 Å². The van der Waals surface area contributed by atoms with E-state index in [-0.39, 0.29) is 5.91 Å². The Balaban J connectivity index is 1.72. The molecule has 0 saturated carbocycles. The molecule has 0 aliphatic heterocycles. The van der Waals surface area contributed by atoms with E-state index in [1.165, 1.54) is 5.01 Å². The first-order chi connectivity index (χ1) is 13.5. The summed E-state index contributed by atoms with van der Waals surface area (Å²) >= 11 is 0. The lowest BCUT2D eigenvalue weighted by Crippen LogP contribution is -2.37. The van der Waals surface area contributed by atoms with Gasteiger partial charge in [0.15, 0.2) is 0 Å². The van der Waals surface area contributed by atoms with Gasteiger partial charge >= 0.3 is 0 Å². The van der Waals surface area contributed by atoms with Crippen LogP contribution < -0.4 is 10.9 Å². The van der Waals surface area contributed by atoms with Crippen LogP contribution in [0.15, 0.2) is 73.2 Å². The molecule has 138 valence electrons. The van der Waals surface area contributed by atoms with Gasteiger partial charge in [-0.25, -0.2) is 10.9 Å². The van der Waals surface area contributed by atoms with Crippen LogP contribution in [0.4, 0.5) is 5.69 Å². The van der Waals surface area contributed by atoms with E-state index in [9.17, 15) is 4.79 Å². The van der Waals surface area contributed by atoms with E-state index >= 15 is 0 Å². The van der Waals surface area contributed by atoms with E-state index in [0.717, 1.165) is 33.2 Å². The number of pyridine rings is 2. The maximum absolute atomic E-state index is 12.8. The fourth-order valence-corrected chi connectivity index (χ4v) is 3.26. The second-order valence-electron chi connectivity index (χ2n) is 6.80. The average Bonchev–Trinajstić information content (AvgIpc) is 2.72. The lowest BCUT2D eigenvalue weighted by atomic mass is 9.97. The Morgan fingerprint density at radius 1 is 0.929 bits per heavy atom. The number of carbonyl (C=O) groups is 1. The van der Waals surface area contributed by atoms with Crippen LogP contribution in [-0.4, -0.2) is 15.9 Å². The van der Waals surface area contributed by atoms with Crippen LogP contribution in [0.3, 0.4) is 0 Å². The number of benzene rings is 2. The Bertz CT molecular complexity index is 1190. The van der Waals surface area contributed by atoms with Gasteiger partial charge in [0, 0.05) is 35.2 Å². The van der Waals surface area contributed by atoms with E-state index in [1.807, 2.05) is 44.3 Å². The van der Waals surface area contributed by atoms with Gasteiger partial charge in [-0.05, 0) is 72.3 Å². The highest BCUT2D eigenvalue weighted by Gasteiger charge is 2.16. The summed E-state index contributed by atoms with van der Waals surface area (Å²) in [5, 5.41) is 3.38. The first kappa shape index (κ1) is 17.8. The number of nitrogens with two attached hydrogens (primary N) is 1. The number of amides is 1. The van der Waals surface area contributed by atoms with E-state index in [2.05, 4.69) is 28.2 Å². The molecule has 5 heteroatoms. The number of aromatic nitrogens is 2. The van der Waals surface area contributed by atoms with Gasteiger partial charge in [-0.15, -0.1) is 0 Å². The molecular weight excluding hydrogens is 348 g/mol. The number of anilines is 1. The molecule has 2 aromatic carbocycles. The molecule has 5 nitrogen and oxygen atoms in total. The van der Waals surface area contributed by atoms with Gasteiger partial charge in [-0.2, -0.15) is 0 Å². The summed E-state index contributed by atoms with van der Waals surface area (Å²) in [6, 6.07) is 17.4. The quantitative estimate of drug-likeness (QED) is 0.330. The minimum absolute atomic E-state index is 0.275. The number of fused-ring (bicyclic) bond motifs is 1. The van der Waals surface area contributed by atoms with Crippen LogP contribution in [0.5, 0.6) is 0 Å². The van der Waals surface area contributed by atoms with Crippen LogP contribution in [0.1, 0.15) is 21.6 Å². The lowest BCUT2D eigenvalue weighted by molar-refractivity contribution is 0.0986. The highest BCUT2D eigenvalue weighted by Crippen LogP contribution is 2.30. The molecule has 0 unspecified atom stereocenters. The molecule has 4 aromatic rings. The number of hydrazine groups is 1. The first-order valence-corrected chi connectivity index (χ1v) is 8.99. The van der Waals surface area contributed by atoms with Gasteiger partial charge in [-0.3, -0.25) is 14.8 Å². The van der Waals surface area contributed by atoms with Gasteiger partial charge in [0.05, 0.1) is 5.69 Å². The smallest absolute Gasteiger partial charge is 0.267 e. The zero-order chi connectivity index (χ0) is 19.7. The molecule has 0 atom stereocenters. The number of hydrogen-bond acceptors (Lipinski definition) is 4. The Morgan fingerprint density at radius 3 is 2.61 bits per heavy atom. The minimum Gasteiger partial charge on any atom is -0.267 e. The van der Waals surface area contributed by atoms with Crippen molar-refractivity contribution in [2.45, 2.75) is 13.8 Å². The summed E-state index contributed by atoms with van der Waals surface area (Å²) in [6.45, 7) is 3.89. The van der Waals surface area contributed by atoms with Crippen LogP contribution >= 0.6 is 0 Å². The molecule has 0 saturated heterocycles. The zero-order valence-corrected chi connectivity index (χ0v) is 15.8. The molecule has 2 N–H and O–H groups in total. The largest absolute Gasteiger partial charge is 0.272 e. The zero-order valence-electron chi connectivity index (χ0n) is 15.8. The number of aryl methyl sites for hydroxylation is 2. The molecule has 0 spiro atoms. The van der Waals surface area contributed by atoms with Crippen molar-refractivity contribution in [1.82, 2.24) is 9.97 Å². The van der Waals surface area contributed by atoms with Gasteiger partial charge in [-0.1, -0.05) is 18.2 Å². The maximum Gasteiger partial charge on any atom is 0.272 e. The Hall–Kier alpha value is -3.57. The van der Waals surface area contributed by atoms with Crippen molar-refractivity contribution >= 4 is 22.4 Å². The van der Waals surface area contributed by atoms with E-state index in [4.69, 9.17) is 5.84 Å². The lowest BCUT2D eigenvalue weighted by Gasteiger charge is -2.19. The second-order valence-corrected chi connectivity index (χ2v) is 6.80. The number of nitrogens with zero attached hydrogens (tertiary/aromatic N) is 3. The predicted octanol–water partition coefficient (Wildman–Crippen LogP) is 4.43. The van der Waals surface area contributed by atoms with Crippen LogP contribution in [0.2, 0.25) is 0 Å². The van der Waals surface area contributed by atoms with E-state index in [1.54, 1.807) is 24.5 Å². The highest BCUT2D eigenvalue weighted by molar-refractivity contribution is 6.05. The summed E-state index contributed by atoms with van der Waals surface area (Å²) in [4.78, 5) is 21.1. The number of rotatable bonds is 3. The van der Waals surface area contributed by atoms with Crippen molar-refractivity contribution in [1.29, 1.82) is 0 Å². The molecule has 2 aromatic heterocycles. The van der Waals surface area contributed by atoms with Gasteiger partial charge in [0.25, 0.3) is 5.91 Å². The normalized spacial score (nSPS) is 10.8. The van der Waals surface area contributed by atoms with Crippen molar-refractivity contribution < 1.29 is 4.79 Å². The summed E-state index contributed by atoms with van der Waals surface area (Å²) < 4.78 is 0. The average molecular weight is 368 g/mol. The molecule has 28 heavy (non-hydrogen) atoms. The molecule has 0 radical (unpaired) electrons. The monoisotopic (exact) mass is 368 g/mol. The molecule has 0 fully saturated rings. The number of carbonyl (C=O) groups excluding carboxylic acids is 1. The highest BCUT2D eigenvalue weighted by atomic mass is 16.2. The Labute approximate surface area is 163 Å². The topological polar surface area (TPSA) is 72.1 Å². The number of hydrogen-bond donors (Lipinski definition) is 1. The molecule has 4 rings (SSSR count). The molecule has 0 aliphatic rings. The van der Waals surface area contributed by atoms with Crippen molar-refractivity contribution in [3.05, 3.63) is 90.0 Å². The molecule has 0 aliphatic carbocycles. The second kappa shape index (κ2) is 7.21. The summed E-state index contributed by atoms with van der Waals surface area (Å²) in [5.41, 5.74) is 5.10. The van der Waals surface area contributed by atoms with Crippen molar-refractivity contribution in [2.24, 2.45) is 5.84 Å². The molecule has 0 bridgehead atoms. The fourth-order valence-electron chi connectivity index (χ4n) is 3.26. The van der Waals surface area contributed by atoms with Crippen molar-refractivity contribution in [3.63, 3.8) is 0 Å². The molecule has 1 amide bonds. The summed E-state index contributed by atoms with van der Waals surface area (Å²) in [7, 11) is 0. The van der Waals surface area contributed by atoms with Gasteiger partial charge in [0.1, 0.15) is 0 Å². The third-order valence-electron chi connectivity index (χ3n) is 4.81. The Morgan fingerprint density at radius 2 is 1.79 bits per heavy atom. The minimum atomic E-state index is -0.275. The SMILES string of the molecule is Cc1cc(C(=O)N(N)c2ccc(C)c(-c3ccc4ccncc4c3)c2)ccn1. The maximum atomic E-state index is 12.8. The fraction of sp³-hybridized carbons (Fsp3) is 0.0870. The molecule has 2 heterocycles. The summed E-state index contributed by atoms with van der Waals surface area (Å²) in [6.07, 6.45) is 5.25. The van der Waals surface area contributed by atoms with Crippen molar-refractivity contribution in [3.8, 4) is 11.1 Å². The van der Waals surface area contributed by atoms with Gasteiger partial charge in [0.2, 0.25) is 0 Å². The van der Waals surface area contributed by atoms with Crippen molar-refractivity contribution in [2.75, 3.05) is 5.01 Å². The standard InChI is InChI=1S/C23H20N4O/c1-15-3-6-21(27(24)23(28)19-8-10-26-16(2)11-19)13-22(15)18-5-4-17-7-9-25-14-20(17)12-18/h3-14H,24H2,1-2H3. The summed E-state index contributed by atoms with van der Waals surface area (Å²) in [5.74, 6) is 5.89. The van der Waals surface area contributed by atoms with E-state index in [0.29, 0.717) is 11.3 Å². The van der Waals surface area contributed by atoms with E-state index < -0.39 is 0 Å². The Kier molecular flexibility index (Phi) is 4.59. The third kappa shape index (κ3) is 3.35. The first-order valence-electron chi connectivity index (χ1n) is 8.99.